The molecule has 3 aromatic heterocycles. The van der Waals surface area contributed by atoms with Gasteiger partial charge in [0.25, 0.3) is 41.4 Å². The number of aryl methyl sites for hydroxylation is 2. The Morgan fingerprint density at radius 3 is 1.87 bits per heavy atom. The third kappa shape index (κ3) is 15.4. The molecule has 7 aliphatic rings. The number of carbonyl (C=O) groups excluding carboxylic acids is 13. The monoisotopic (exact) mass is 1560 g/mol. The Balaban J connectivity index is 0.593. The molecule has 1 aliphatic carbocycles. The highest BCUT2D eigenvalue weighted by Crippen LogP contribution is 2.44. The van der Waals surface area contributed by atoms with Crippen LogP contribution >= 0.6 is 22.9 Å². The van der Waals surface area contributed by atoms with Crippen molar-refractivity contribution in [2.45, 2.75) is 134 Å². The molecule has 9 heterocycles. The van der Waals surface area contributed by atoms with Crippen LogP contribution in [0.4, 0.5) is 23.1 Å². The quantitative estimate of drug-likeness (QED) is 0.0240. The van der Waals surface area contributed by atoms with E-state index in [9.17, 15) is 62.3 Å². The van der Waals surface area contributed by atoms with Gasteiger partial charge in [-0.15, -0.1) is 21.5 Å². The molecule has 14 rings (SSSR count). The number of unbranched alkanes of at least 4 members (excludes halogenated alkanes) is 1. The number of likely N-dealkylation sites (N-methyl/N-ethyl adjacent to an activating group) is 1. The Hall–Kier alpha value is -12.3. The molecule has 2 unspecified atom stereocenters. The molecule has 580 valence electrons. The van der Waals surface area contributed by atoms with Gasteiger partial charge >= 0.3 is 0 Å². The van der Waals surface area contributed by atoms with Crippen LogP contribution in [0.3, 0.4) is 0 Å². The largest absolute Gasteiger partial charge is 0.495 e. The van der Waals surface area contributed by atoms with E-state index < -0.39 is 102 Å². The number of halogens is 1. The summed E-state index contributed by atoms with van der Waals surface area (Å²) in [6.45, 7) is 3.56. The topological polar surface area (TPSA) is 416 Å². The number of imide groups is 4. The van der Waals surface area contributed by atoms with E-state index in [0.29, 0.717) is 83.0 Å². The zero-order valence-corrected chi connectivity index (χ0v) is 63.0. The van der Waals surface area contributed by atoms with Crippen molar-refractivity contribution in [3.05, 3.63) is 151 Å². The van der Waals surface area contributed by atoms with Crippen LogP contribution in [0.2, 0.25) is 5.02 Å². The smallest absolute Gasteiger partial charge is 0.266 e. The first-order valence-corrected chi connectivity index (χ1v) is 38.0. The Morgan fingerprint density at radius 2 is 1.26 bits per heavy atom. The van der Waals surface area contributed by atoms with Crippen molar-refractivity contribution >= 4 is 129 Å². The van der Waals surface area contributed by atoms with Gasteiger partial charge in [0.15, 0.2) is 24.9 Å². The van der Waals surface area contributed by atoms with Crippen molar-refractivity contribution in [3.8, 4) is 22.2 Å². The SMILES string of the molecule is COc1cc(C(=O)NCCCCNC(=O)COc2cccc3c2C(=O)N(C2CCC(=O)NC2=O)C3=O)ccc1Nc1ncc2c(n1)N(C1CCCC1)[C@H](CCCc1nnc3n1-c1sc(C)c(C)c1C(c1ccc(Cl)cc1)=N[C@H]3CC(=O)NCCNC(=O)COc1cccc3c1C(=O)N(C1CCC(=O)NC1=O)C3=O)C(=O)N2C. The van der Waals surface area contributed by atoms with Crippen LogP contribution in [0.1, 0.15) is 175 Å². The first-order valence-electron chi connectivity index (χ1n) is 36.8. The van der Waals surface area contributed by atoms with E-state index in [0.717, 1.165) is 62.1 Å². The number of nitrogens with one attached hydrogen (secondary N) is 7. The summed E-state index contributed by atoms with van der Waals surface area (Å²) < 4.78 is 19.2. The summed E-state index contributed by atoms with van der Waals surface area (Å²) in [6.07, 6.45) is 7.19. The number of ether oxygens (including phenoxy) is 3. The number of fused-ring (bicyclic) bond motifs is 6. The molecular weight excluding hydrogens is 1490 g/mol. The lowest BCUT2D eigenvalue weighted by Crippen LogP contribution is -2.56. The maximum Gasteiger partial charge on any atom is 0.266 e. The van der Waals surface area contributed by atoms with Gasteiger partial charge in [0.1, 0.15) is 57.9 Å². The molecule has 3 fully saturated rings. The molecule has 2 saturated heterocycles. The van der Waals surface area contributed by atoms with Crippen LogP contribution in [0.5, 0.6) is 17.2 Å². The zero-order chi connectivity index (χ0) is 78.8. The average molecular weight is 1570 g/mol. The van der Waals surface area contributed by atoms with E-state index in [-0.39, 0.29) is 116 Å². The number of hydrogen-bond donors (Lipinski definition) is 7. The molecule has 35 heteroatoms. The second-order valence-electron chi connectivity index (χ2n) is 27.9. The molecule has 0 radical (unpaired) electrons. The van der Waals surface area contributed by atoms with E-state index in [1.54, 1.807) is 59.8 Å². The maximum atomic E-state index is 14.8. The van der Waals surface area contributed by atoms with Crippen LogP contribution in [-0.4, -0.2) is 195 Å². The molecule has 7 N–H and O–H groups in total. The van der Waals surface area contributed by atoms with Gasteiger partial charge < -0.3 is 50.6 Å². The van der Waals surface area contributed by atoms with E-state index in [1.165, 1.54) is 43.5 Å². The lowest BCUT2D eigenvalue weighted by Gasteiger charge is -2.44. The number of methoxy groups -OCH3 is 1. The fraction of sp³-hybridized carbons (Fsp3) is 0.377. The number of hydrogen-bond acceptors (Lipinski definition) is 24. The number of rotatable bonds is 28. The molecule has 112 heavy (non-hydrogen) atoms. The number of amides is 13. The van der Waals surface area contributed by atoms with Crippen molar-refractivity contribution in [2.24, 2.45) is 4.99 Å². The van der Waals surface area contributed by atoms with Gasteiger partial charge in [-0.1, -0.05) is 48.7 Å². The fourth-order valence-electron chi connectivity index (χ4n) is 15.1. The summed E-state index contributed by atoms with van der Waals surface area (Å²) in [5.74, 6) is -5.32. The highest BCUT2D eigenvalue weighted by atomic mass is 35.5. The minimum Gasteiger partial charge on any atom is -0.495 e. The first-order chi connectivity index (χ1) is 54.0. The van der Waals surface area contributed by atoms with Gasteiger partial charge in [-0.05, 0) is 125 Å². The van der Waals surface area contributed by atoms with Crippen LogP contribution in [0.15, 0.2) is 90.1 Å². The Morgan fingerprint density at radius 1 is 0.661 bits per heavy atom. The third-order valence-electron chi connectivity index (χ3n) is 20.8. The number of benzene rings is 4. The normalized spacial score (nSPS) is 18.6. The molecule has 13 amide bonds. The lowest BCUT2D eigenvalue weighted by molar-refractivity contribution is -0.137. The van der Waals surface area contributed by atoms with E-state index in [1.807, 2.05) is 30.5 Å². The number of thiophene rings is 1. The van der Waals surface area contributed by atoms with Crippen molar-refractivity contribution in [2.75, 3.05) is 68.7 Å². The van der Waals surface area contributed by atoms with Crippen molar-refractivity contribution in [3.63, 3.8) is 0 Å². The van der Waals surface area contributed by atoms with E-state index >= 15 is 0 Å². The second-order valence-corrected chi connectivity index (χ2v) is 29.6. The highest BCUT2D eigenvalue weighted by Gasteiger charge is 2.49. The summed E-state index contributed by atoms with van der Waals surface area (Å²) in [7, 11) is 3.19. The van der Waals surface area contributed by atoms with Gasteiger partial charge in [-0.3, -0.25) is 92.3 Å². The number of piperidine rings is 2. The summed E-state index contributed by atoms with van der Waals surface area (Å²) in [5.41, 5.74) is 4.38. The molecule has 0 bridgehead atoms. The van der Waals surface area contributed by atoms with E-state index in [2.05, 4.69) is 47.1 Å². The fourth-order valence-corrected chi connectivity index (χ4v) is 16.4. The summed E-state index contributed by atoms with van der Waals surface area (Å²) in [4.78, 5) is 192. The number of carbonyl (C=O) groups is 13. The zero-order valence-electron chi connectivity index (χ0n) is 61.4. The Bertz CT molecular complexity index is 5090. The van der Waals surface area contributed by atoms with Crippen LogP contribution in [0.25, 0.3) is 5.00 Å². The van der Waals surface area contributed by atoms with Gasteiger partial charge in [0, 0.05) is 85.1 Å². The molecular formula is C77H78ClN17O16S. The summed E-state index contributed by atoms with van der Waals surface area (Å²) in [5, 5.41) is 29.8. The lowest BCUT2D eigenvalue weighted by atomic mass is 9.99. The summed E-state index contributed by atoms with van der Waals surface area (Å²) >= 11 is 7.99. The number of aromatic nitrogens is 5. The molecule has 6 aliphatic heterocycles. The Labute approximate surface area is 649 Å². The van der Waals surface area contributed by atoms with Crippen molar-refractivity contribution in [1.82, 2.24) is 66.4 Å². The molecule has 0 spiro atoms. The Kier molecular flexibility index (Phi) is 22.3. The van der Waals surface area contributed by atoms with Crippen LogP contribution in [0, 0.1) is 13.8 Å². The second kappa shape index (κ2) is 32.7. The number of anilines is 4. The highest BCUT2D eigenvalue weighted by molar-refractivity contribution is 7.15. The molecule has 4 aromatic carbocycles. The third-order valence-corrected chi connectivity index (χ3v) is 22.3. The molecule has 4 atom stereocenters. The van der Waals surface area contributed by atoms with Crippen LogP contribution < -0.4 is 61.2 Å². The predicted molar refractivity (Wildman–Crippen MR) is 404 cm³/mol. The minimum absolute atomic E-state index is 0.00179. The molecule has 7 aromatic rings. The molecule has 33 nitrogen and oxygen atoms in total. The summed E-state index contributed by atoms with van der Waals surface area (Å²) in [6, 6.07) is 17.1. The average Bonchev–Trinajstić information content (AvgIpc) is 1.60. The van der Waals surface area contributed by atoms with Crippen molar-refractivity contribution < 1.29 is 76.5 Å². The van der Waals surface area contributed by atoms with Crippen LogP contribution in [-0.2, 0) is 44.8 Å². The molecule has 1 saturated carbocycles. The number of nitrogens with zero attached hydrogens (tertiary/aromatic N) is 10. The standard InChI is InChI=1S/C77H78ClN17O16S/c1-39-40(2)112-76-62(39)65(41-20-23-43(78)24-21-41)84-48(35-59(98)80-32-33-81-61(100)38-111-54-18-10-15-46-64(54)75(108)94(72(46)105)50-27-29-58(97)87-70(50)103)66-90-89-56(95(66)76)19-11-16-51-73(106)91(3)52-36-83-77(88-67(52)92(51)44-12-5-6-13-44)85-47-25-22-42(34-55(47)109-4)68(101)82-31-8-7-30-79-60(99)37-110-53-17-9-14-45-63(53)74(107)93(71(45)104)49-26-28-57(96)86-69(49)102/h9-10,14-15,17-18,20-25,34,36,44,48-51H,5-8,11-13,16,19,26-33,35,37-38H2,1-4H3,(H,79,99)(H,80,98)(H,81,100)(H,82,101)(H,83,85,88)(H,86,96,102)(H,87,97,103)/t48-,49?,50?,51+/m0/s1. The van der Waals surface area contributed by atoms with Gasteiger partial charge in [0.05, 0.1) is 53.4 Å². The van der Waals surface area contributed by atoms with Gasteiger partial charge in [-0.25, -0.2) is 4.98 Å². The maximum absolute atomic E-state index is 14.8. The van der Waals surface area contributed by atoms with Gasteiger partial charge in [-0.2, -0.15) is 4.98 Å². The first kappa shape index (κ1) is 76.4. The van der Waals surface area contributed by atoms with E-state index in [4.69, 9.17) is 46.0 Å². The minimum atomic E-state index is -1.19. The van der Waals surface area contributed by atoms with Gasteiger partial charge in [0.2, 0.25) is 41.4 Å². The number of aliphatic imine (C=N–C) groups is 1. The predicted octanol–water partition coefficient (Wildman–Crippen LogP) is 5.36. The van der Waals surface area contributed by atoms with Crippen molar-refractivity contribution in [1.29, 1.82) is 0 Å².